The zero-order chi connectivity index (χ0) is 15.9. The van der Waals surface area contributed by atoms with Crippen LogP contribution in [0.1, 0.15) is 6.92 Å². The molecule has 0 saturated heterocycles. The highest BCUT2D eigenvalue weighted by Gasteiger charge is 2.12. The van der Waals surface area contributed by atoms with Gasteiger partial charge in [-0.15, -0.1) is 5.10 Å². The van der Waals surface area contributed by atoms with Crippen molar-refractivity contribution in [3.8, 4) is 11.4 Å². The number of thioether (sulfide) groups is 1. The van der Waals surface area contributed by atoms with Gasteiger partial charge in [0.05, 0.1) is 17.9 Å². The molecule has 0 aliphatic heterocycles. The highest BCUT2D eigenvalue weighted by atomic mass is 32.2. The maximum Gasteiger partial charge on any atom is 0.230 e. The Hall–Kier alpha value is -1.93. The molecule has 2 rings (SSSR count). The van der Waals surface area contributed by atoms with E-state index >= 15 is 0 Å². The van der Waals surface area contributed by atoms with Crippen molar-refractivity contribution in [3.05, 3.63) is 30.1 Å². The van der Waals surface area contributed by atoms with Crippen molar-refractivity contribution >= 4 is 17.7 Å². The molecule has 118 valence electrons. The average Bonchev–Trinajstić information content (AvgIpc) is 2.94. The van der Waals surface area contributed by atoms with E-state index < -0.39 is 0 Å². The molecule has 0 saturated carbocycles. The van der Waals surface area contributed by atoms with E-state index in [2.05, 4.69) is 20.5 Å². The molecule has 1 heterocycles. The summed E-state index contributed by atoms with van der Waals surface area (Å²) in [6.07, 6.45) is 0. The van der Waals surface area contributed by atoms with Gasteiger partial charge in [0.15, 0.2) is 5.82 Å². The van der Waals surface area contributed by atoms with Gasteiger partial charge in [0.25, 0.3) is 0 Å². The van der Waals surface area contributed by atoms with E-state index in [1.165, 1.54) is 17.8 Å². The Morgan fingerprint density at radius 2 is 2.27 bits per heavy atom. The molecule has 0 aliphatic rings. The maximum absolute atomic E-state index is 13.6. The number of hydrogen-bond acceptors (Lipinski definition) is 5. The summed E-state index contributed by atoms with van der Waals surface area (Å²) in [5.74, 6) is 0.0182. The summed E-state index contributed by atoms with van der Waals surface area (Å²) in [6.45, 7) is 2.31. The van der Waals surface area contributed by atoms with Crippen LogP contribution < -0.4 is 5.32 Å². The summed E-state index contributed by atoms with van der Waals surface area (Å²) in [4.78, 5) is 15.9. The first-order valence-electron chi connectivity index (χ1n) is 6.68. The number of carbonyl (C=O) groups excluding carboxylic acids is 1. The SMILES string of the molecule is COC[C@H](C)NC(=O)CSc1n[nH]c(-c2ccccc2F)n1. The van der Waals surface area contributed by atoms with Gasteiger partial charge < -0.3 is 10.1 Å². The number of hydrogen-bond donors (Lipinski definition) is 2. The van der Waals surface area contributed by atoms with Crippen LogP contribution >= 0.6 is 11.8 Å². The molecule has 0 aliphatic carbocycles. The monoisotopic (exact) mass is 324 g/mol. The van der Waals surface area contributed by atoms with Gasteiger partial charge in [-0.2, -0.15) is 0 Å². The number of halogens is 1. The van der Waals surface area contributed by atoms with Gasteiger partial charge in [-0.1, -0.05) is 23.9 Å². The number of methoxy groups -OCH3 is 1. The van der Waals surface area contributed by atoms with Gasteiger partial charge in [-0.05, 0) is 19.1 Å². The fourth-order valence-electron chi connectivity index (χ4n) is 1.82. The summed E-state index contributed by atoms with van der Waals surface area (Å²) in [5.41, 5.74) is 0.347. The fraction of sp³-hybridized carbons (Fsp3) is 0.357. The van der Waals surface area contributed by atoms with Crippen LogP contribution in [0.4, 0.5) is 4.39 Å². The third-order valence-corrected chi connectivity index (χ3v) is 3.60. The Morgan fingerprint density at radius 1 is 1.50 bits per heavy atom. The molecular formula is C14H17FN4O2S. The van der Waals surface area contributed by atoms with Crippen LogP contribution in [0.5, 0.6) is 0 Å². The zero-order valence-electron chi connectivity index (χ0n) is 12.3. The van der Waals surface area contributed by atoms with E-state index in [4.69, 9.17) is 4.74 Å². The van der Waals surface area contributed by atoms with Crippen LogP contribution in [-0.4, -0.2) is 46.6 Å². The minimum atomic E-state index is -0.374. The number of amides is 1. The molecule has 6 nitrogen and oxygen atoms in total. The Morgan fingerprint density at radius 3 is 3.00 bits per heavy atom. The lowest BCUT2D eigenvalue weighted by Crippen LogP contribution is -2.36. The van der Waals surface area contributed by atoms with Crippen molar-refractivity contribution in [2.24, 2.45) is 0 Å². The second-order valence-electron chi connectivity index (χ2n) is 4.66. The smallest absolute Gasteiger partial charge is 0.230 e. The number of rotatable bonds is 7. The predicted molar refractivity (Wildman–Crippen MR) is 82.0 cm³/mol. The predicted octanol–water partition coefficient (Wildman–Crippen LogP) is 1.85. The van der Waals surface area contributed by atoms with Crippen LogP contribution in [-0.2, 0) is 9.53 Å². The highest BCUT2D eigenvalue weighted by molar-refractivity contribution is 7.99. The number of carbonyl (C=O) groups is 1. The summed E-state index contributed by atoms with van der Waals surface area (Å²) < 4.78 is 18.6. The third-order valence-electron chi connectivity index (χ3n) is 2.75. The Balaban J connectivity index is 1.90. The molecule has 0 bridgehead atoms. The Kier molecular flexibility index (Phi) is 5.91. The van der Waals surface area contributed by atoms with E-state index in [1.807, 2.05) is 6.92 Å². The minimum Gasteiger partial charge on any atom is -0.383 e. The number of aromatic nitrogens is 3. The average molecular weight is 324 g/mol. The normalized spacial score (nSPS) is 12.1. The van der Waals surface area contributed by atoms with Crippen LogP contribution in [0.2, 0.25) is 0 Å². The van der Waals surface area contributed by atoms with Crippen molar-refractivity contribution in [3.63, 3.8) is 0 Å². The molecule has 1 amide bonds. The Bertz CT molecular complexity index is 635. The number of aromatic amines is 1. The minimum absolute atomic E-state index is 0.0563. The van der Waals surface area contributed by atoms with Gasteiger partial charge in [0.2, 0.25) is 11.1 Å². The first kappa shape index (κ1) is 16.4. The molecule has 1 aromatic heterocycles. The zero-order valence-corrected chi connectivity index (χ0v) is 13.1. The van der Waals surface area contributed by atoms with Crippen molar-refractivity contribution < 1.29 is 13.9 Å². The lowest BCUT2D eigenvalue weighted by molar-refractivity contribution is -0.119. The third kappa shape index (κ3) is 4.54. The first-order valence-corrected chi connectivity index (χ1v) is 7.67. The van der Waals surface area contributed by atoms with Gasteiger partial charge in [0, 0.05) is 13.2 Å². The molecule has 2 aromatic rings. The van der Waals surface area contributed by atoms with Gasteiger partial charge in [0.1, 0.15) is 5.82 Å². The summed E-state index contributed by atoms with van der Waals surface area (Å²) >= 11 is 1.18. The summed E-state index contributed by atoms with van der Waals surface area (Å²) in [6, 6.07) is 6.24. The second kappa shape index (κ2) is 7.90. The van der Waals surface area contributed by atoms with Crippen molar-refractivity contribution in [1.29, 1.82) is 0 Å². The molecule has 1 aromatic carbocycles. The first-order chi connectivity index (χ1) is 10.6. The molecule has 0 unspecified atom stereocenters. The van der Waals surface area contributed by atoms with Crippen LogP contribution in [0.15, 0.2) is 29.4 Å². The lowest BCUT2D eigenvalue weighted by Gasteiger charge is -2.11. The number of ether oxygens (including phenoxy) is 1. The fourth-order valence-corrected chi connectivity index (χ4v) is 2.43. The van der Waals surface area contributed by atoms with Gasteiger partial charge in [-0.25, -0.2) is 9.37 Å². The number of nitrogens with one attached hydrogen (secondary N) is 2. The van der Waals surface area contributed by atoms with E-state index in [0.29, 0.717) is 23.2 Å². The number of H-pyrrole nitrogens is 1. The van der Waals surface area contributed by atoms with Gasteiger partial charge >= 0.3 is 0 Å². The highest BCUT2D eigenvalue weighted by Crippen LogP contribution is 2.21. The molecule has 0 radical (unpaired) electrons. The van der Waals surface area contributed by atoms with E-state index in [0.717, 1.165) is 0 Å². The number of benzene rings is 1. The second-order valence-corrected chi connectivity index (χ2v) is 5.60. The molecule has 1 atom stereocenters. The van der Waals surface area contributed by atoms with Crippen molar-refractivity contribution in [2.75, 3.05) is 19.5 Å². The van der Waals surface area contributed by atoms with Crippen LogP contribution in [0.3, 0.4) is 0 Å². The maximum atomic E-state index is 13.6. The quantitative estimate of drug-likeness (QED) is 0.760. The van der Waals surface area contributed by atoms with E-state index in [-0.39, 0.29) is 23.5 Å². The van der Waals surface area contributed by atoms with Crippen LogP contribution in [0, 0.1) is 5.82 Å². The molecule has 8 heteroatoms. The molecule has 0 fully saturated rings. The molecule has 22 heavy (non-hydrogen) atoms. The molecule has 2 N–H and O–H groups in total. The van der Waals surface area contributed by atoms with E-state index in [9.17, 15) is 9.18 Å². The standard InChI is InChI=1S/C14H17FN4O2S/c1-9(7-21-2)16-12(20)8-22-14-17-13(18-19-14)10-5-3-4-6-11(10)15/h3-6,9H,7-8H2,1-2H3,(H,16,20)(H,17,18,19)/t9-/m0/s1. The van der Waals surface area contributed by atoms with E-state index in [1.54, 1.807) is 25.3 Å². The van der Waals surface area contributed by atoms with Crippen LogP contribution in [0.25, 0.3) is 11.4 Å². The summed E-state index contributed by atoms with van der Waals surface area (Å²) in [7, 11) is 1.58. The molecular weight excluding hydrogens is 307 g/mol. The topological polar surface area (TPSA) is 79.9 Å². The lowest BCUT2D eigenvalue weighted by atomic mass is 10.2. The number of nitrogens with zero attached hydrogens (tertiary/aromatic N) is 2. The van der Waals surface area contributed by atoms with Crippen molar-refractivity contribution in [1.82, 2.24) is 20.5 Å². The van der Waals surface area contributed by atoms with Gasteiger partial charge in [-0.3, -0.25) is 9.89 Å². The summed E-state index contributed by atoms with van der Waals surface area (Å²) in [5, 5.41) is 9.83. The van der Waals surface area contributed by atoms with Crippen molar-refractivity contribution in [2.45, 2.75) is 18.1 Å². The molecule has 0 spiro atoms. The largest absolute Gasteiger partial charge is 0.383 e. The Labute approximate surface area is 131 Å².